The van der Waals surface area contributed by atoms with E-state index >= 15 is 0 Å². The topological polar surface area (TPSA) is 0 Å². The maximum atomic E-state index is 8.69. The van der Waals surface area contributed by atoms with Gasteiger partial charge >= 0.3 is 0 Å². The van der Waals surface area contributed by atoms with Crippen LogP contribution in [0.3, 0.4) is 0 Å². The van der Waals surface area contributed by atoms with Gasteiger partial charge in [0.25, 0.3) is 0 Å². The summed E-state index contributed by atoms with van der Waals surface area (Å²) in [7, 11) is 0. The molecule has 0 radical (unpaired) electrons. The molecule has 0 fully saturated rings. The monoisotopic (exact) mass is 371 g/mol. The first kappa shape index (κ1) is 10.3. The Morgan fingerprint density at radius 1 is 0.593 bits per heavy atom. The number of hydrogen-bond acceptors (Lipinski definition) is 0. The zero-order chi connectivity index (χ0) is 24.3. The quantitative estimate of drug-likeness (QED) is 0.295. The van der Waals surface area contributed by atoms with Gasteiger partial charge in [0.05, 0.1) is 9.60 Å². The van der Waals surface area contributed by atoms with Gasteiger partial charge in [-0.05, 0) is 55.9 Å². The summed E-state index contributed by atoms with van der Waals surface area (Å²) in [6, 6.07) is 16.1. The lowest BCUT2D eigenvalue weighted by molar-refractivity contribution is 1.64. The Hall–Kier alpha value is -3.09. The molecule has 0 bridgehead atoms. The lowest BCUT2D eigenvalue weighted by Gasteiger charge is -2.13. The van der Waals surface area contributed by atoms with E-state index in [4.69, 9.17) is 21.2 Å². The largest absolute Gasteiger partial charge is 0.0843 e. The Labute approximate surface area is 173 Å². The molecular formula is C26H17Cl. The number of hydrogen-bond donors (Lipinski definition) is 0. The van der Waals surface area contributed by atoms with Gasteiger partial charge < -0.3 is 0 Å². The molecule has 0 spiro atoms. The number of rotatable bonds is 2. The van der Waals surface area contributed by atoms with E-state index < -0.39 is 12.1 Å². The lowest BCUT2D eigenvalue weighted by atomic mass is 9.91. The summed E-state index contributed by atoms with van der Waals surface area (Å²) in [6.07, 6.45) is 0. The molecule has 0 unspecified atom stereocenters. The molecule has 5 aromatic rings. The highest BCUT2D eigenvalue weighted by molar-refractivity contribution is 6.31. The van der Waals surface area contributed by atoms with Crippen molar-refractivity contribution in [1.29, 1.82) is 0 Å². The van der Waals surface area contributed by atoms with E-state index in [-0.39, 0.29) is 46.5 Å². The van der Waals surface area contributed by atoms with Crippen LogP contribution >= 0.6 is 11.6 Å². The Bertz CT molecular complexity index is 1640. The molecule has 0 saturated heterocycles. The molecule has 5 aromatic carbocycles. The van der Waals surface area contributed by atoms with Crippen LogP contribution in [-0.4, -0.2) is 0 Å². The Balaban J connectivity index is 1.95. The van der Waals surface area contributed by atoms with Crippen LogP contribution in [0.4, 0.5) is 0 Å². The molecule has 0 saturated carbocycles. The summed E-state index contributed by atoms with van der Waals surface area (Å²) < 4.78 is 58.5. The molecule has 0 aliphatic carbocycles. The summed E-state index contributed by atoms with van der Waals surface area (Å²) >= 11 is 6.22. The van der Waals surface area contributed by atoms with Gasteiger partial charge in [-0.25, -0.2) is 0 Å². The van der Waals surface area contributed by atoms with Crippen molar-refractivity contribution in [1.82, 2.24) is 0 Å². The summed E-state index contributed by atoms with van der Waals surface area (Å²) in [5.74, 6) is 0. The normalized spacial score (nSPS) is 14.8. The smallest absolute Gasteiger partial charge is 0.0629 e. The molecule has 0 amide bonds. The third-order valence-corrected chi connectivity index (χ3v) is 4.87. The number of benzene rings is 5. The second-order valence-electron chi connectivity index (χ2n) is 6.22. The summed E-state index contributed by atoms with van der Waals surface area (Å²) in [4.78, 5) is 0. The molecule has 1 heteroatoms. The third kappa shape index (κ3) is 2.79. The molecular weight excluding hydrogens is 348 g/mol. The molecule has 0 nitrogen and oxygen atoms in total. The van der Waals surface area contributed by atoms with Crippen LogP contribution in [0, 0.1) is 0 Å². The van der Waals surface area contributed by atoms with E-state index in [1.165, 1.54) is 0 Å². The van der Waals surface area contributed by atoms with Crippen molar-refractivity contribution in [3.05, 3.63) is 108 Å². The van der Waals surface area contributed by atoms with Crippen molar-refractivity contribution in [2.75, 3.05) is 0 Å². The van der Waals surface area contributed by atoms with Crippen molar-refractivity contribution in [3.63, 3.8) is 0 Å². The van der Waals surface area contributed by atoms with Crippen LogP contribution < -0.4 is 0 Å². The first-order valence-electron chi connectivity index (χ1n) is 12.0. The van der Waals surface area contributed by atoms with E-state index in [1.807, 2.05) is 48.5 Å². The van der Waals surface area contributed by atoms with Crippen LogP contribution in [0.15, 0.2) is 103 Å². The zero-order valence-electron chi connectivity index (χ0n) is 21.2. The SMILES string of the molecule is [2H]c1c([2H])c([2H])c2c(-c3cccc4c(-c5cccc(Cl)c5)cccc34)c([2H])c([2H])c([2H])c2c1[2H]. The summed E-state index contributed by atoms with van der Waals surface area (Å²) in [5.41, 5.74) is 2.62. The van der Waals surface area contributed by atoms with E-state index in [9.17, 15) is 0 Å². The van der Waals surface area contributed by atoms with Crippen molar-refractivity contribution >= 4 is 33.1 Å². The molecule has 0 aliphatic rings. The fourth-order valence-electron chi connectivity index (χ4n) is 3.45. The van der Waals surface area contributed by atoms with Gasteiger partial charge in [0.2, 0.25) is 0 Å². The van der Waals surface area contributed by atoms with Gasteiger partial charge in [0.15, 0.2) is 0 Å². The molecule has 128 valence electrons. The van der Waals surface area contributed by atoms with Crippen LogP contribution in [0.25, 0.3) is 43.8 Å². The van der Waals surface area contributed by atoms with Crippen molar-refractivity contribution in [2.24, 2.45) is 0 Å². The highest BCUT2D eigenvalue weighted by Crippen LogP contribution is 2.37. The molecule has 27 heavy (non-hydrogen) atoms. The standard InChI is InChI=1S/C26H17Cl/c27-20-10-3-9-19(17-20)22-12-5-15-26-24(22)14-6-16-25(26)23-13-4-8-18-7-1-2-11-21(18)23/h1-17H/i1D,2D,4D,7D,8D,11D,13D. The van der Waals surface area contributed by atoms with Crippen LogP contribution in [-0.2, 0) is 0 Å². The van der Waals surface area contributed by atoms with Crippen LogP contribution in [0.2, 0.25) is 5.02 Å². The fraction of sp³-hybridized carbons (Fsp3) is 0. The van der Waals surface area contributed by atoms with Crippen molar-refractivity contribution < 1.29 is 9.60 Å². The Kier molecular flexibility index (Phi) is 2.51. The predicted octanol–water partition coefficient (Wildman–Crippen LogP) is 7.98. The minimum atomic E-state index is -0.463. The predicted molar refractivity (Wildman–Crippen MR) is 117 cm³/mol. The fourth-order valence-corrected chi connectivity index (χ4v) is 3.64. The average molecular weight is 372 g/mol. The van der Waals surface area contributed by atoms with Crippen molar-refractivity contribution in [2.45, 2.75) is 0 Å². The van der Waals surface area contributed by atoms with Gasteiger partial charge in [0.1, 0.15) is 0 Å². The Morgan fingerprint density at radius 3 is 2.15 bits per heavy atom. The second-order valence-corrected chi connectivity index (χ2v) is 6.65. The van der Waals surface area contributed by atoms with E-state index in [0.717, 1.165) is 21.9 Å². The molecule has 0 aromatic heterocycles. The molecule has 0 N–H and O–H groups in total. The van der Waals surface area contributed by atoms with E-state index in [2.05, 4.69) is 0 Å². The summed E-state index contributed by atoms with van der Waals surface area (Å²) in [6.45, 7) is 0. The van der Waals surface area contributed by atoms with Gasteiger partial charge in [-0.15, -0.1) is 0 Å². The lowest BCUT2D eigenvalue weighted by Crippen LogP contribution is -1.86. The Morgan fingerprint density at radius 2 is 1.30 bits per heavy atom. The van der Waals surface area contributed by atoms with E-state index in [0.29, 0.717) is 10.6 Å². The van der Waals surface area contributed by atoms with Gasteiger partial charge in [-0.3, -0.25) is 0 Å². The van der Waals surface area contributed by atoms with Gasteiger partial charge in [-0.2, -0.15) is 0 Å². The molecule has 5 rings (SSSR count). The van der Waals surface area contributed by atoms with Crippen LogP contribution in [0.1, 0.15) is 9.60 Å². The maximum absolute atomic E-state index is 8.69. The highest BCUT2D eigenvalue weighted by Gasteiger charge is 2.10. The maximum Gasteiger partial charge on any atom is 0.0629 e. The molecule has 0 atom stereocenters. The minimum Gasteiger partial charge on any atom is -0.0843 e. The number of fused-ring (bicyclic) bond motifs is 2. The highest BCUT2D eigenvalue weighted by atomic mass is 35.5. The first-order chi connectivity index (χ1) is 16.2. The second kappa shape index (κ2) is 6.57. The minimum absolute atomic E-state index is 0.0509. The third-order valence-electron chi connectivity index (χ3n) is 4.64. The van der Waals surface area contributed by atoms with E-state index in [1.54, 1.807) is 12.1 Å². The van der Waals surface area contributed by atoms with Crippen LogP contribution in [0.5, 0.6) is 0 Å². The zero-order valence-corrected chi connectivity index (χ0v) is 14.9. The molecule has 0 heterocycles. The summed E-state index contributed by atoms with van der Waals surface area (Å²) in [5, 5.41) is 2.27. The first-order valence-corrected chi connectivity index (χ1v) is 8.88. The average Bonchev–Trinajstić information content (AvgIpc) is 2.84. The molecule has 0 aliphatic heterocycles. The van der Waals surface area contributed by atoms with Crippen molar-refractivity contribution in [3.8, 4) is 22.3 Å². The number of halogens is 1. The van der Waals surface area contributed by atoms with Gasteiger partial charge in [0, 0.05) is 5.02 Å². The van der Waals surface area contributed by atoms with Gasteiger partial charge in [-0.1, -0.05) is 102 Å².